The van der Waals surface area contributed by atoms with Gasteiger partial charge < -0.3 is 14.6 Å². The first kappa shape index (κ1) is 27.3. The fourth-order valence-electron chi connectivity index (χ4n) is 3.81. The molecule has 11 heteroatoms. The number of hydrogen-bond acceptors (Lipinski definition) is 8. The minimum atomic E-state index is -0.704. The van der Waals surface area contributed by atoms with Crippen molar-refractivity contribution in [1.29, 1.82) is 0 Å². The van der Waals surface area contributed by atoms with Gasteiger partial charge in [0.15, 0.2) is 0 Å². The number of nitrogens with one attached hydrogen (secondary N) is 1. The standard InChI is InChI=1S/C28H29N5O6/c1-18-7-9-20(10-8-18)16-32-26(31-27(36)33(28(32)37)15-19(2)25(35)38-3)30-21-11-13-23(14-12-21)39-24-6-4-5-22(17-34)29-24/h4-14,19,34H,15-17H2,1-3H3,(H,30,31,36)/t19-/m0/s1. The highest BCUT2D eigenvalue weighted by Gasteiger charge is 2.18. The Bertz CT molecular complexity index is 1640. The minimum absolute atomic E-state index is 0.0542. The molecule has 0 radical (unpaired) electrons. The number of aromatic nitrogens is 4. The Balaban J connectivity index is 1.72. The maximum Gasteiger partial charge on any atom is 0.335 e. The van der Waals surface area contributed by atoms with E-state index < -0.39 is 23.3 Å². The molecule has 2 aromatic carbocycles. The van der Waals surface area contributed by atoms with Gasteiger partial charge in [0, 0.05) is 12.6 Å². The first-order valence-electron chi connectivity index (χ1n) is 12.2. The van der Waals surface area contributed by atoms with Crippen LogP contribution in [0.3, 0.4) is 0 Å². The molecule has 1 atom stereocenters. The van der Waals surface area contributed by atoms with Gasteiger partial charge in [0.05, 0.1) is 37.6 Å². The molecule has 2 aromatic heterocycles. The summed E-state index contributed by atoms with van der Waals surface area (Å²) in [6.45, 7) is 3.35. The van der Waals surface area contributed by atoms with E-state index in [4.69, 9.17) is 9.47 Å². The lowest BCUT2D eigenvalue weighted by molar-refractivity contribution is -0.145. The Labute approximate surface area is 223 Å². The lowest BCUT2D eigenvalue weighted by Gasteiger charge is -2.14. The number of methoxy groups -OCH3 is 1. The molecule has 0 aliphatic carbocycles. The van der Waals surface area contributed by atoms with E-state index in [0.29, 0.717) is 23.0 Å². The number of ether oxygens (including phenoxy) is 2. The second kappa shape index (κ2) is 12.2. The molecule has 4 aromatic rings. The van der Waals surface area contributed by atoms with Gasteiger partial charge in [-0.25, -0.2) is 24.1 Å². The van der Waals surface area contributed by atoms with Gasteiger partial charge in [0.2, 0.25) is 11.5 Å². The van der Waals surface area contributed by atoms with Crippen LogP contribution in [0.1, 0.15) is 23.7 Å². The number of aromatic amines is 1. The Morgan fingerprint density at radius 2 is 1.77 bits per heavy atom. The highest BCUT2D eigenvalue weighted by molar-refractivity contribution is 5.71. The predicted octanol–water partition coefficient (Wildman–Crippen LogP) is 2.42. The maximum atomic E-state index is 13.5. The summed E-state index contributed by atoms with van der Waals surface area (Å²) < 4.78 is 12.8. The van der Waals surface area contributed by atoms with Crippen molar-refractivity contribution in [3.8, 4) is 11.6 Å². The number of pyridine rings is 1. The third kappa shape index (κ3) is 6.76. The van der Waals surface area contributed by atoms with Crippen LogP contribution < -0.4 is 21.7 Å². The summed E-state index contributed by atoms with van der Waals surface area (Å²) in [6.07, 6.45) is 0. The smallest absolute Gasteiger partial charge is 0.335 e. The first-order chi connectivity index (χ1) is 18.8. The summed E-state index contributed by atoms with van der Waals surface area (Å²) in [5.41, 5.74) is 1.61. The number of hydrogen-bond donors (Lipinski definition) is 2. The van der Waals surface area contributed by atoms with Crippen molar-refractivity contribution in [3.05, 3.63) is 110 Å². The number of carbonyl (C=O) groups excluding carboxylic acids is 1. The molecule has 0 unspecified atom stereocenters. The van der Waals surface area contributed by atoms with Crippen molar-refractivity contribution in [1.82, 2.24) is 19.1 Å². The molecule has 39 heavy (non-hydrogen) atoms. The number of nitrogens with zero attached hydrogens (tertiary/aromatic N) is 4. The number of benzene rings is 2. The molecule has 0 aliphatic rings. The van der Waals surface area contributed by atoms with Crippen LogP contribution in [0.2, 0.25) is 0 Å². The number of H-pyrrole nitrogens is 1. The van der Waals surface area contributed by atoms with Gasteiger partial charge in [-0.15, -0.1) is 0 Å². The number of rotatable bonds is 9. The normalized spacial score (nSPS) is 12.3. The summed E-state index contributed by atoms with van der Waals surface area (Å²) in [6, 6.07) is 19.4. The molecule has 202 valence electrons. The zero-order chi connectivity index (χ0) is 27.9. The number of carbonyl (C=O) groups is 1. The molecule has 2 heterocycles. The molecule has 0 amide bonds. The quantitative estimate of drug-likeness (QED) is 0.316. The van der Waals surface area contributed by atoms with Crippen LogP contribution in [0, 0.1) is 12.8 Å². The Hall–Kier alpha value is -4.77. The molecule has 2 N–H and O–H groups in total. The van der Waals surface area contributed by atoms with Gasteiger partial charge in [-0.1, -0.05) is 42.8 Å². The van der Waals surface area contributed by atoms with Gasteiger partial charge in [0.1, 0.15) is 5.75 Å². The Kier molecular flexibility index (Phi) is 8.52. The van der Waals surface area contributed by atoms with Gasteiger partial charge in [-0.3, -0.25) is 14.3 Å². The van der Waals surface area contributed by atoms with Crippen LogP contribution in [0.4, 0.5) is 5.69 Å². The zero-order valence-electron chi connectivity index (χ0n) is 21.8. The molecule has 0 aliphatic heterocycles. The van der Waals surface area contributed by atoms with Crippen LogP contribution >= 0.6 is 0 Å². The van der Waals surface area contributed by atoms with Crippen molar-refractivity contribution in [3.63, 3.8) is 0 Å². The molecule has 0 bridgehead atoms. The van der Waals surface area contributed by atoms with Crippen molar-refractivity contribution in [2.24, 2.45) is 10.9 Å². The molecule has 0 saturated carbocycles. The molecular formula is C28H29N5O6. The van der Waals surface area contributed by atoms with Crippen molar-refractivity contribution < 1.29 is 19.4 Å². The summed E-state index contributed by atoms with van der Waals surface area (Å²) in [4.78, 5) is 49.7. The van der Waals surface area contributed by atoms with Crippen molar-refractivity contribution >= 4 is 11.7 Å². The lowest BCUT2D eigenvalue weighted by Crippen LogP contribution is -2.51. The molecule has 0 saturated heterocycles. The van der Waals surface area contributed by atoms with E-state index in [9.17, 15) is 19.5 Å². The number of esters is 1. The molecule has 4 rings (SSSR count). The highest BCUT2D eigenvalue weighted by Crippen LogP contribution is 2.22. The predicted molar refractivity (Wildman–Crippen MR) is 143 cm³/mol. The van der Waals surface area contributed by atoms with Gasteiger partial charge in [-0.05, 0) is 42.8 Å². The zero-order valence-corrected chi connectivity index (χ0v) is 21.8. The topological polar surface area (TPSA) is 141 Å². The molecule has 0 spiro atoms. The van der Waals surface area contributed by atoms with Crippen LogP contribution in [0.15, 0.2) is 81.3 Å². The van der Waals surface area contributed by atoms with Crippen LogP contribution in [-0.4, -0.2) is 37.3 Å². The van der Waals surface area contributed by atoms with Crippen LogP contribution in [-0.2, 0) is 29.2 Å². The monoisotopic (exact) mass is 531 g/mol. The van der Waals surface area contributed by atoms with E-state index in [-0.39, 0.29) is 25.3 Å². The van der Waals surface area contributed by atoms with E-state index in [1.807, 2.05) is 31.2 Å². The van der Waals surface area contributed by atoms with Crippen molar-refractivity contribution in [2.75, 3.05) is 7.11 Å². The average Bonchev–Trinajstić information content (AvgIpc) is 2.94. The Morgan fingerprint density at radius 3 is 2.44 bits per heavy atom. The maximum absolute atomic E-state index is 13.5. The summed E-state index contributed by atoms with van der Waals surface area (Å²) >= 11 is 0. The Morgan fingerprint density at radius 1 is 1.05 bits per heavy atom. The van der Waals surface area contributed by atoms with Crippen molar-refractivity contribution in [2.45, 2.75) is 33.5 Å². The summed E-state index contributed by atoms with van der Waals surface area (Å²) in [5.74, 6) is -0.411. The first-order valence-corrected chi connectivity index (χ1v) is 12.2. The van der Waals surface area contributed by atoms with Crippen LogP contribution in [0.25, 0.3) is 0 Å². The van der Waals surface area contributed by atoms with E-state index in [0.717, 1.165) is 15.7 Å². The fraction of sp³-hybridized carbons (Fsp3) is 0.250. The molecule has 11 nitrogen and oxygen atoms in total. The second-order valence-electron chi connectivity index (χ2n) is 8.98. The minimum Gasteiger partial charge on any atom is -0.469 e. The van der Waals surface area contributed by atoms with Crippen LogP contribution in [0.5, 0.6) is 11.6 Å². The third-order valence-electron chi connectivity index (χ3n) is 5.94. The number of aryl methyl sites for hydroxylation is 1. The van der Waals surface area contributed by atoms with E-state index in [1.165, 1.54) is 11.7 Å². The van der Waals surface area contributed by atoms with Gasteiger partial charge in [-0.2, -0.15) is 0 Å². The highest BCUT2D eigenvalue weighted by atomic mass is 16.5. The summed E-state index contributed by atoms with van der Waals surface area (Å²) in [5, 5.41) is 9.26. The fourth-order valence-corrected chi connectivity index (χ4v) is 3.81. The third-order valence-corrected chi connectivity index (χ3v) is 5.94. The van der Waals surface area contributed by atoms with Gasteiger partial charge in [0.25, 0.3) is 0 Å². The molecular weight excluding hydrogens is 502 g/mol. The lowest BCUT2D eigenvalue weighted by atomic mass is 10.1. The molecule has 0 fully saturated rings. The number of aliphatic hydroxyl groups is 1. The van der Waals surface area contributed by atoms with Gasteiger partial charge >= 0.3 is 17.3 Å². The van der Waals surface area contributed by atoms with E-state index in [2.05, 4.69) is 15.0 Å². The SMILES string of the molecule is COC(=O)[C@@H](C)Cn1c(=O)[nH]/c(=N\c2ccc(Oc3cccc(CO)n3)cc2)n(Cc2ccc(C)cc2)c1=O. The summed E-state index contributed by atoms with van der Waals surface area (Å²) in [7, 11) is 1.25. The van der Waals surface area contributed by atoms with E-state index in [1.54, 1.807) is 49.4 Å². The average molecular weight is 532 g/mol. The second-order valence-corrected chi connectivity index (χ2v) is 8.98. The number of aliphatic hydroxyl groups excluding tert-OH is 1. The van der Waals surface area contributed by atoms with E-state index >= 15 is 0 Å². The largest absolute Gasteiger partial charge is 0.469 e.